The fourth-order valence-electron chi connectivity index (χ4n) is 0.880. The maximum atomic E-state index is 11.0. The molecule has 0 radical (unpaired) electrons. The van der Waals surface area contributed by atoms with E-state index >= 15 is 0 Å². The normalized spacial score (nSPS) is 19.9. The van der Waals surface area contributed by atoms with Crippen LogP contribution in [-0.4, -0.2) is 35.1 Å². The Morgan fingerprint density at radius 1 is 1.54 bits per heavy atom. The Balaban J connectivity index is 2.95. The zero-order valence-electron chi connectivity index (χ0n) is 7.37. The van der Waals surface area contributed by atoms with E-state index in [0.717, 1.165) is 11.2 Å². The number of rotatable bonds is 2. The monoisotopic (exact) mass is 182 g/mol. The molecule has 6 nitrogen and oxygen atoms in total. The van der Waals surface area contributed by atoms with Crippen molar-refractivity contribution in [2.24, 2.45) is 4.99 Å². The molecule has 0 aromatic carbocycles. The predicted molar refractivity (Wildman–Crippen MR) is 46.3 cm³/mol. The van der Waals surface area contributed by atoms with Crippen LogP contribution in [0, 0.1) is 5.41 Å². The summed E-state index contributed by atoms with van der Waals surface area (Å²) >= 11 is 0. The minimum atomic E-state index is -0.769. The van der Waals surface area contributed by atoms with E-state index in [9.17, 15) is 9.59 Å². The molecule has 1 saturated heterocycles. The largest absolute Gasteiger partial charge is 0.324 e. The van der Waals surface area contributed by atoms with Crippen LogP contribution in [0.5, 0.6) is 0 Å². The molecule has 2 amide bonds. The van der Waals surface area contributed by atoms with Crippen molar-refractivity contribution in [1.82, 2.24) is 10.2 Å². The minimum absolute atomic E-state index is 0.0383. The van der Waals surface area contributed by atoms with Gasteiger partial charge in [-0.05, 0) is 13.8 Å². The Morgan fingerprint density at radius 3 is 2.62 bits per heavy atom. The SMILES string of the molecule is CC(C)N=C1NC(=O)C(=O)N1C=N. The van der Waals surface area contributed by atoms with E-state index in [1.54, 1.807) is 0 Å². The van der Waals surface area contributed by atoms with Crippen LogP contribution in [-0.2, 0) is 9.59 Å². The Hall–Kier alpha value is -1.72. The number of hydrogen-bond acceptors (Lipinski definition) is 4. The minimum Gasteiger partial charge on any atom is -0.291 e. The Kier molecular flexibility index (Phi) is 2.41. The summed E-state index contributed by atoms with van der Waals surface area (Å²) < 4.78 is 0. The maximum absolute atomic E-state index is 11.0. The van der Waals surface area contributed by atoms with Crippen molar-refractivity contribution >= 4 is 24.1 Å². The van der Waals surface area contributed by atoms with Gasteiger partial charge in [-0.3, -0.25) is 20.3 Å². The van der Waals surface area contributed by atoms with Gasteiger partial charge in [0, 0.05) is 6.04 Å². The van der Waals surface area contributed by atoms with Crippen LogP contribution in [0.3, 0.4) is 0 Å². The molecule has 0 aromatic rings. The smallest absolute Gasteiger partial charge is 0.291 e. The molecule has 0 aromatic heterocycles. The second-order valence-corrected chi connectivity index (χ2v) is 2.80. The van der Waals surface area contributed by atoms with Crippen LogP contribution in [0.15, 0.2) is 4.99 Å². The van der Waals surface area contributed by atoms with Crippen LogP contribution in [0.2, 0.25) is 0 Å². The van der Waals surface area contributed by atoms with Crippen LogP contribution in [0.25, 0.3) is 0 Å². The number of carbonyl (C=O) groups is 2. The highest BCUT2D eigenvalue weighted by molar-refractivity contribution is 6.47. The van der Waals surface area contributed by atoms with Crippen LogP contribution in [0.4, 0.5) is 0 Å². The van der Waals surface area contributed by atoms with Gasteiger partial charge < -0.3 is 0 Å². The second kappa shape index (κ2) is 3.34. The molecule has 1 aliphatic heterocycles. The van der Waals surface area contributed by atoms with Crippen molar-refractivity contribution in [3.8, 4) is 0 Å². The molecule has 6 heteroatoms. The lowest BCUT2D eigenvalue weighted by Gasteiger charge is -2.07. The first-order valence-electron chi connectivity index (χ1n) is 3.79. The third-order valence-electron chi connectivity index (χ3n) is 1.38. The molecule has 1 fully saturated rings. The maximum Gasteiger partial charge on any atom is 0.324 e. The Morgan fingerprint density at radius 2 is 2.15 bits per heavy atom. The van der Waals surface area contributed by atoms with Gasteiger partial charge in [0.25, 0.3) is 0 Å². The topological polar surface area (TPSA) is 85.6 Å². The summed E-state index contributed by atoms with van der Waals surface area (Å²) in [5.74, 6) is -1.39. The molecular weight excluding hydrogens is 172 g/mol. The summed E-state index contributed by atoms with van der Waals surface area (Å²) in [7, 11) is 0. The van der Waals surface area contributed by atoms with E-state index < -0.39 is 11.8 Å². The van der Waals surface area contributed by atoms with E-state index in [-0.39, 0.29) is 12.0 Å². The summed E-state index contributed by atoms with van der Waals surface area (Å²) in [5.41, 5.74) is 0. The molecule has 1 heterocycles. The number of aliphatic imine (C=N–C) groups is 1. The summed E-state index contributed by atoms with van der Waals surface area (Å²) in [6.07, 6.45) is 0.765. The number of hydrogen-bond donors (Lipinski definition) is 2. The molecule has 1 rings (SSSR count). The zero-order valence-corrected chi connectivity index (χ0v) is 7.37. The van der Waals surface area contributed by atoms with Gasteiger partial charge in [0.05, 0.1) is 6.34 Å². The number of nitrogens with zero attached hydrogens (tertiary/aromatic N) is 2. The number of guanidine groups is 1. The Labute approximate surface area is 75.1 Å². The van der Waals surface area contributed by atoms with E-state index in [1.807, 2.05) is 13.8 Å². The standard InChI is InChI=1S/C7H10N4O2/c1-4(2)9-7-10-5(12)6(13)11(7)3-8/h3-4,8H,1-2H3,(H,9,10,12). The molecule has 0 aliphatic carbocycles. The van der Waals surface area contributed by atoms with Gasteiger partial charge in [0.2, 0.25) is 5.96 Å². The van der Waals surface area contributed by atoms with Crippen molar-refractivity contribution < 1.29 is 9.59 Å². The van der Waals surface area contributed by atoms with Crippen molar-refractivity contribution in [3.05, 3.63) is 0 Å². The Bertz CT molecular complexity index is 295. The molecule has 0 atom stereocenters. The van der Waals surface area contributed by atoms with E-state index in [2.05, 4.69) is 10.3 Å². The number of carbonyl (C=O) groups excluding carboxylic acids is 2. The molecule has 13 heavy (non-hydrogen) atoms. The fourth-order valence-corrected chi connectivity index (χ4v) is 0.880. The highest BCUT2D eigenvalue weighted by Gasteiger charge is 2.33. The predicted octanol–water partition coefficient (Wildman–Crippen LogP) is -0.684. The lowest BCUT2D eigenvalue weighted by atomic mass is 10.4. The van der Waals surface area contributed by atoms with E-state index in [4.69, 9.17) is 5.41 Å². The molecule has 70 valence electrons. The zero-order chi connectivity index (χ0) is 10.0. The van der Waals surface area contributed by atoms with Gasteiger partial charge >= 0.3 is 11.8 Å². The summed E-state index contributed by atoms with van der Waals surface area (Å²) in [6, 6.07) is -0.0383. The average Bonchev–Trinajstić information content (AvgIpc) is 2.27. The lowest BCUT2D eigenvalue weighted by molar-refractivity contribution is -0.138. The van der Waals surface area contributed by atoms with Gasteiger partial charge in [-0.1, -0.05) is 0 Å². The summed E-state index contributed by atoms with van der Waals surface area (Å²) in [4.78, 5) is 26.7. The van der Waals surface area contributed by atoms with Gasteiger partial charge in [-0.25, -0.2) is 9.89 Å². The van der Waals surface area contributed by atoms with Gasteiger partial charge in [0.15, 0.2) is 0 Å². The van der Waals surface area contributed by atoms with Gasteiger partial charge in [0.1, 0.15) is 0 Å². The molecular formula is C7H10N4O2. The van der Waals surface area contributed by atoms with Crippen LogP contribution < -0.4 is 5.32 Å². The quantitative estimate of drug-likeness (QED) is 0.336. The lowest BCUT2D eigenvalue weighted by Crippen LogP contribution is -2.31. The molecule has 2 N–H and O–H groups in total. The van der Waals surface area contributed by atoms with Crippen molar-refractivity contribution in [1.29, 1.82) is 5.41 Å². The molecule has 0 bridgehead atoms. The summed E-state index contributed by atoms with van der Waals surface area (Å²) in [5, 5.41) is 9.17. The first-order valence-corrected chi connectivity index (χ1v) is 3.79. The van der Waals surface area contributed by atoms with E-state index in [1.165, 1.54) is 0 Å². The van der Waals surface area contributed by atoms with Crippen molar-refractivity contribution in [2.45, 2.75) is 19.9 Å². The first-order chi connectivity index (χ1) is 6.06. The number of nitrogens with one attached hydrogen (secondary N) is 2. The molecule has 0 spiro atoms. The third-order valence-corrected chi connectivity index (χ3v) is 1.38. The fraction of sp³-hybridized carbons (Fsp3) is 0.429. The molecule has 0 unspecified atom stereocenters. The second-order valence-electron chi connectivity index (χ2n) is 2.80. The summed E-state index contributed by atoms with van der Waals surface area (Å²) in [6.45, 7) is 3.62. The van der Waals surface area contributed by atoms with Gasteiger partial charge in [-0.15, -0.1) is 0 Å². The molecule has 0 saturated carbocycles. The third kappa shape index (κ3) is 1.71. The average molecular weight is 182 g/mol. The van der Waals surface area contributed by atoms with Gasteiger partial charge in [-0.2, -0.15) is 0 Å². The molecule has 1 aliphatic rings. The first kappa shape index (κ1) is 9.37. The van der Waals surface area contributed by atoms with Crippen LogP contribution in [0.1, 0.15) is 13.8 Å². The highest BCUT2D eigenvalue weighted by atomic mass is 16.2. The number of amides is 2. The van der Waals surface area contributed by atoms with E-state index in [0.29, 0.717) is 0 Å². The van der Waals surface area contributed by atoms with Crippen LogP contribution >= 0.6 is 0 Å². The van der Waals surface area contributed by atoms with Crippen molar-refractivity contribution in [2.75, 3.05) is 0 Å². The van der Waals surface area contributed by atoms with Crippen molar-refractivity contribution in [3.63, 3.8) is 0 Å². The highest BCUT2D eigenvalue weighted by Crippen LogP contribution is 1.99.